The predicted molar refractivity (Wildman–Crippen MR) is 106 cm³/mol. The minimum Gasteiger partial charge on any atom is -0.454 e. The van der Waals surface area contributed by atoms with E-state index in [9.17, 15) is 4.79 Å². The summed E-state index contributed by atoms with van der Waals surface area (Å²) in [6, 6.07) is 14.9. The number of rotatable bonds is 3. The van der Waals surface area contributed by atoms with Gasteiger partial charge in [-0.2, -0.15) is 0 Å². The van der Waals surface area contributed by atoms with Gasteiger partial charge in [-0.05, 0) is 37.3 Å². The zero-order valence-corrected chi connectivity index (χ0v) is 15.6. The molecule has 0 saturated heterocycles. The Morgan fingerprint density at radius 1 is 1.07 bits per heavy atom. The molecule has 3 heterocycles. The van der Waals surface area contributed by atoms with E-state index in [1.54, 1.807) is 6.07 Å². The Kier molecular flexibility index (Phi) is 3.91. The van der Waals surface area contributed by atoms with Gasteiger partial charge in [-0.1, -0.05) is 29.5 Å². The molecule has 28 heavy (non-hydrogen) atoms. The van der Waals surface area contributed by atoms with Crippen LogP contribution in [0.4, 0.5) is 5.13 Å². The van der Waals surface area contributed by atoms with Crippen LogP contribution in [-0.4, -0.2) is 27.9 Å². The van der Waals surface area contributed by atoms with E-state index in [1.807, 2.05) is 49.4 Å². The van der Waals surface area contributed by atoms with Crippen molar-refractivity contribution in [2.45, 2.75) is 6.92 Å². The number of carbonyl (C=O) groups excluding carboxylic acids is 1. The van der Waals surface area contributed by atoms with Crippen LogP contribution in [0.5, 0.6) is 11.5 Å². The van der Waals surface area contributed by atoms with E-state index in [0.717, 1.165) is 21.5 Å². The van der Waals surface area contributed by atoms with Crippen molar-refractivity contribution in [3.63, 3.8) is 0 Å². The zero-order valence-electron chi connectivity index (χ0n) is 14.8. The highest BCUT2D eigenvalue weighted by atomic mass is 32.1. The molecule has 8 heteroatoms. The molecule has 0 radical (unpaired) electrons. The lowest BCUT2D eigenvalue weighted by Crippen LogP contribution is -2.13. The fourth-order valence-corrected chi connectivity index (χ4v) is 3.67. The van der Waals surface area contributed by atoms with E-state index in [0.29, 0.717) is 27.9 Å². The van der Waals surface area contributed by atoms with Crippen LogP contribution in [0.2, 0.25) is 0 Å². The van der Waals surface area contributed by atoms with Crippen molar-refractivity contribution in [1.82, 2.24) is 15.2 Å². The number of nitrogens with zero attached hydrogens (tertiary/aromatic N) is 3. The quantitative estimate of drug-likeness (QED) is 0.568. The molecule has 1 aliphatic heterocycles. The Morgan fingerprint density at radius 2 is 1.93 bits per heavy atom. The SMILES string of the molecule is Cc1nnc(NC(=O)c2cc(-c3ccc4c(c3)OCO4)nc3ccccc23)s1. The predicted octanol–water partition coefficient (Wildman–Crippen LogP) is 4.04. The molecular weight excluding hydrogens is 376 g/mol. The van der Waals surface area contributed by atoms with Crippen LogP contribution in [0.3, 0.4) is 0 Å². The number of benzene rings is 2. The van der Waals surface area contributed by atoms with Crippen LogP contribution in [0, 0.1) is 6.92 Å². The van der Waals surface area contributed by atoms with Crippen LogP contribution >= 0.6 is 11.3 Å². The molecule has 138 valence electrons. The summed E-state index contributed by atoms with van der Waals surface area (Å²) in [5.74, 6) is 1.12. The highest BCUT2D eigenvalue weighted by molar-refractivity contribution is 7.15. The molecule has 2 aromatic heterocycles. The lowest BCUT2D eigenvalue weighted by Gasteiger charge is -2.10. The van der Waals surface area contributed by atoms with Gasteiger partial charge >= 0.3 is 0 Å². The van der Waals surface area contributed by atoms with Gasteiger partial charge in [0.25, 0.3) is 5.91 Å². The monoisotopic (exact) mass is 390 g/mol. The second-order valence-corrected chi connectivity index (χ2v) is 7.40. The Hall–Kier alpha value is -3.52. The van der Waals surface area contributed by atoms with Crippen molar-refractivity contribution < 1.29 is 14.3 Å². The van der Waals surface area contributed by atoms with Crippen molar-refractivity contribution in [1.29, 1.82) is 0 Å². The van der Waals surface area contributed by atoms with E-state index >= 15 is 0 Å². The molecular formula is C20H14N4O3S. The third-order valence-corrected chi connectivity index (χ3v) is 5.13. The maximum atomic E-state index is 13.0. The molecule has 0 saturated carbocycles. The lowest BCUT2D eigenvalue weighted by atomic mass is 10.0. The fourth-order valence-electron chi connectivity index (χ4n) is 3.08. The highest BCUT2D eigenvalue weighted by Crippen LogP contribution is 2.36. The Morgan fingerprint density at radius 3 is 2.79 bits per heavy atom. The summed E-state index contributed by atoms with van der Waals surface area (Å²) in [5, 5.41) is 12.8. The number of carbonyl (C=O) groups is 1. The van der Waals surface area contributed by atoms with Gasteiger partial charge in [-0.3, -0.25) is 10.1 Å². The first-order chi connectivity index (χ1) is 13.7. The first-order valence-corrected chi connectivity index (χ1v) is 9.40. The van der Waals surface area contributed by atoms with E-state index < -0.39 is 0 Å². The number of hydrogen-bond donors (Lipinski definition) is 1. The minimum atomic E-state index is -0.253. The van der Waals surface area contributed by atoms with Crippen LogP contribution < -0.4 is 14.8 Å². The number of anilines is 1. The average Bonchev–Trinajstić information content (AvgIpc) is 3.35. The number of para-hydroxylation sites is 1. The molecule has 7 nitrogen and oxygen atoms in total. The van der Waals surface area contributed by atoms with E-state index in [1.165, 1.54) is 11.3 Å². The molecule has 1 amide bonds. The van der Waals surface area contributed by atoms with Crippen molar-refractivity contribution in [2.75, 3.05) is 12.1 Å². The van der Waals surface area contributed by atoms with E-state index in [4.69, 9.17) is 14.5 Å². The van der Waals surface area contributed by atoms with Crippen molar-refractivity contribution in [2.24, 2.45) is 0 Å². The summed E-state index contributed by atoms with van der Waals surface area (Å²) in [7, 11) is 0. The molecule has 5 rings (SSSR count). The van der Waals surface area contributed by atoms with Gasteiger partial charge in [0.15, 0.2) is 11.5 Å². The Balaban J connectivity index is 1.60. The van der Waals surface area contributed by atoms with E-state index in [2.05, 4.69) is 15.5 Å². The van der Waals surface area contributed by atoms with Crippen LogP contribution in [-0.2, 0) is 0 Å². The summed E-state index contributed by atoms with van der Waals surface area (Å²) in [4.78, 5) is 17.7. The molecule has 0 spiro atoms. The van der Waals surface area contributed by atoms with Gasteiger partial charge in [0.05, 0.1) is 16.8 Å². The molecule has 1 aliphatic rings. The second-order valence-electron chi connectivity index (χ2n) is 6.22. The van der Waals surface area contributed by atoms with Crippen LogP contribution in [0.25, 0.3) is 22.2 Å². The topological polar surface area (TPSA) is 86.2 Å². The van der Waals surface area contributed by atoms with Crippen molar-refractivity contribution >= 4 is 33.3 Å². The minimum absolute atomic E-state index is 0.207. The highest BCUT2D eigenvalue weighted by Gasteiger charge is 2.18. The smallest absolute Gasteiger partial charge is 0.258 e. The third kappa shape index (κ3) is 2.93. The Labute approximate surface area is 164 Å². The van der Waals surface area contributed by atoms with Crippen LogP contribution in [0.1, 0.15) is 15.4 Å². The number of pyridine rings is 1. The largest absolute Gasteiger partial charge is 0.454 e. The summed E-state index contributed by atoms with van der Waals surface area (Å²) >= 11 is 1.33. The first kappa shape index (κ1) is 16.6. The summed E-state index contributed by atoms with van der Waals surface area (Å²) in [6.45, 7) is 2.05. The molecule has 4 aromatic rings. The zero-order chi connectivity index (χ0) is 19.1. The van der Waals surface area contributed by atoms with Crippen LogP contribution in [0.15, 0.2) is 48.5 Å². The number of nitrogens with one attached hydrogen (secondary N) is 1. The molecule has 0 atom stereocenters. The molecule has 0 fully saturated rings. The molecule has 0 aliphatic carbocycles. The maximum Gasteiger partial charge on any atom is 0.258 e. The van der Waals surface area contributed by atoms with Crippen molar-refractivity contribution in [3.8, 4) is 22.8 Å². The second kappa shape index (κ2) is 6.58. The lowest BCUT2D eigenvalue weighted by molar-refractivity contribution is 0.102. The number of aromatic nitrogens is 3. The molecule has 0 unspecified atom stereocenters. The maximum absolute atomic E-state index is 13.0. The summed E-state index contributed by atoms with van der Waals surface area (Å²) in [5.41, 5.74) is 2.77. The molecule has 2 aromatic carbocycles. The Bertz CT molecular complexity index is 1220. The standard InChI is InChI=1S/C20H14N4O3S/c1-11-23-24-20(28-11)22-19(25)14-9-16(21-15-5-3-2-4-13(14)15)12-6-7-17-18(8-12)27-10-26-17/h2-9H,10H2,1H3,(H,22,24,25). The van der Waals surface area contributed by atoms with Gasteiger partial charge in [-0.15, -0.1) is 10.2 Å². The summed E-state index contributed by atoms with van der Waals surface area (Å²) in [6.07, 6.45) is 0. The molecule has 0 bridgehead atoms. The molecule has 1 N–H and O–H groups in total. The first-order valence-electron chi connectivity index (χ1n) is 8.59. The fraction of sp³-hybridized carbons (Fsp3) is 0.100. The number of ether oxygens (including phenoxy) is 2. The van der Waals surface area contributed by atoms with Gasteiger partial charge in [-0.25, -0.2) is 4.98 Å². The number of amides is 1. The van der Waals surface area contributed by atoms with Gasteiger partial charge in [0.1, 0.15) is 5.01 Å². The van der Waals surface area contributed by atoms with Gasteiger partial charge in [0.2, 0.25) is 11.9 Å². The number of fused-ring (bicyclic) bond motifs is 2. The van der Waals surface area contributed by atoms with Gasteiger partial charge in [0, 0.05) is 10.9 Å². The number of hydrogen-bond acceptors (Lipinski definition) is 7. The third-order valence-electron chi connectivity index (χ3n) is 4.38. The normalized spacial score (nSPS) is 12.3. The average molecular weight is 390 g/mol. The van der Waals surface area contributed by atoms with E-state index in [-0.39, 0.29) is 12.7 Å². The number of aryl methyl sites for hydroxylation is 1. The summed E-state index contributed by atoms with van der Waals surface area (Å²) < 4.78 is 10.8. The van der Waals surface area contributed by atoms with Crippen molar-refractivity contribution in [3.05, 3.63) is 59.1 Å². The van der Waals surface area contributed by atoms with Gasteiger partial charge < -0.3 is 9.47 Å².